The minimum absolute atomic E-state index is 0.0747. The lowest BCUT2D eigenvalue weighted by molar-refractivity contribution is -0.113. The zero-order valence-electron chi connectivity index (χ0n) is 15.4. The van der Waals surface area contributed by atoms with E-state index in [0.717, 1.165) is 17.3 Å². The largest absolute Gasteiger partial charge is 0.486 e. The fourth-order valence-electron chi connectivity index (χ4n) is 2.48. The second-order valence-electron chi connectivity index (χ2n) is 5.95. The number of aryl methyl sites for hydroxylation is 1. The molecule has 1 aromatic heterocycles. The molecule has 0 aliphatic heterocycles. The maximum atomic E-state index is 12.1. The molecule has 0 saturated carbocycles. The number of hydrogen-bond acceptors (Lipinski definition) is 5. The van der Waals surface area contributed by atoms with Crippen molar-refractivity contribution in [1.82, 2.24) is 14.8 Å². The van der Waals surface area contributed by atoms with E-state index < -0.39 is 0 Å². The molecular weight excluding hydrogens is 360 g/mol. The summed E-state index contributed by atoms with van der Waals surface area (Å²) in [5, 5.41) is 12.0. The zero-order valence-corrected chi connectivity index (χ0v) is 16.2. The van der Waals surface area contributed by atoms with Gasteiger partial charge in [0.05, 0.1) is 5.75 Å². The summed E-state index contributed by atoms with van der Waals surface area (Å²) in [4.78, 5) is 12.1. The van der Waals surface area contributed by atoms with E-state index in [2.05, 4.69) is 15.5 Å². The van der Waals surface area contributed by atoms with Crippen molar-refractivity contribution in [1.29, 1.82) is 0 Å². The summed E-state index contributed by atoms with van der Waals surface area (Å²) >= 11 is 1.37. The van der Waals surface area contributed by atoms with E-state index in [4.69, 9.17) is 4.74 Å². The third-order valence-corrected chi connectivity index (χ3v) is 4.86. The highest BCUT2D eigenvalue weighted by Gasteiger charge is 2.14. The molecule has 1 amide bonds. The molecule has 7 heteroatoms. The number of ether oxygens (including phenoxy) is 1. The number of benzene rings is 2. The predicted octanol–water partition coefficient (Wildman–Crippen LogP) is 3.92. The van der Waals surface area contributed by atoms with Crippen LogP contribution >= 0.6 is 11.8 Å². The van der Waals surface area contributed by atoms with Gasteiger partial charge in [-0.2, -0.15) is 0 Å². The predicted molar refractivity (Wildman–Crippen MR) is 107 cm³/mol. The molecule has 1 heterocycles. The molecule has 0 aliphatic rings. The maximum Gasteiger partial charge on any atom is 0.234 e. The van der Waals surface area contributed by atoms with Gasteiger partial charge in [-0.1, -0.05) is 47.7 Å². The van der Waals surface area contributed by atoms with Gasteiger partial charge >= 0.3 is 0 Å². The monoisotopic (exact) mass is 382 g/mol. The van der Waals surface area contributed by atoms with Gasteiger partial charge in [-0.3, -0.25) is 4.79 Å². The SMILES string of the molecule is CCn1c(COc2ccc(C)cc2)nnc1SCC(=O)Nc1ccccc1. The second-order valence-corrected chi connectivity index (χ2v) is 6.89. The van der Waals surface area contributed by atoms with Crippen LogP contribution in [0.2, 0.25) is 0 Å². The Labute approximate surface area is 163 Å². The second kappa shape index (κ2) is 9.23. The van der Waals surface area contributed by atoms with E-state index in [-0.39, 0.29) is 11.7 Å². The van der Waals surface area contributed by atoms with E-state index in [0.29, 0.717) is 18.3 Å². The molecule has 0 spiro atoms. The number of rotatable bonds is 8. The number of aromatic nitrogens is 3. The minimum Gasteiger partial charge on any atom is -0.486 e. The summed E-state index contributed by atoms with van der Waals surface area (Å²) in [5.74, 6) is 1.73. The van der Waals surface area contributed by atoms with Crippen LogP contribution in [0.15, 0.2) is 59.8 Å². The lowest BCUT2D eigenvalue weighted by atomic mass is 10.2. The van der Waals surface area contributed by atoms with Crippen LogP contribution in [0.3, 0.4) is 0 Å². The molecule has 6 nitrogen and oxygen atoms in total. The van der Waals surface area contributed by atoms with Gasteiger partial charge in [0.25, 0.3) is 0 Å². The first kappa shape index (κ1) is 19.0. The molecule has 3 rings (SSSR count). The number of nitrogens with one attached hydrogen (secondary N) is 1. The van der Waals surface area contributed by atoms with Gasteiger partial charge in [0.15, 0.2) is 11.0 Å². The van der Waals surface area contributed by atoms with Crippen molar-refractivity contribution in [3.63, 3.8) is 0 Å². The summed E-state index contributed by atoms with van der Waals surface area (Å²) in [7, 11) is 0. The summed E-state index contributed by atoms with van der Waals surface area (Å²) in [5.41, 5.74) is 1.97. The van der Waals surface area contributed by atoms with Crippen molar-refractivity contribution in [2.24, 2.45) is 0 Å². The lowest BCUT2D eigenvalue weighted by Gasteiger charge is -2.09. The molecule has 140 valence electrons. The summed E-state index contributed by atoms with van der Waals surface area (Å²) < 4.78 is 7.76. The number of amides is 1. The number of carbonyl (C=O) groups is 1. The molecule has 1 N–H and O–H groups in total. The highest BCUT2D eigenvalue weighted by Crippen LogP contribution is 2.19. The Morgan fingerprint density at radius 2 is 1.85 bits per heavy atom. The highest BCUT2D eigenvalue weighted by molar-refractivity contribution is 7.99. The van der Waals surface area contributed by atoms with Crippen molar-refractivity contribution in [3.8, 4) is 5.75 Å². The first-order chi connectivity index (χ1) is 13.2. The third-order valence-electron chi connectivity index (χ3n) is 3.89. The Morgan fingerprint density at radius 1 is 1.11 bits per heavy atom. The van der Waals surface area contributed by atoms with Crippen LogP contribution in [0.25, 0.3) is 0 Å². The van der Waals surface area contributed by atoms with E-state index in [9.17, 15) is 4.79 Å². The van der Waals surface area contributed by atoms with Crippen molar-refractivity contribution in [2.75, 3.05) is 11.1 Å². The van der Waals surface area contributed by atoms with Gasteiger partial charge < -0.3 is 14.6 Å². The minimum atomic E-state index is -0.0747. The normalized spacial score (nSPS) is 10.6. The van der Waals surface area contributed by atoms with E-state index >= 15 is 0 Å². The molecule has 0 fully saturated rings. The van der Waals surface area contributed by atoms with Crippen molar-refractivity contribution >= 4 is 23.4 Å². The quantitative estimate of drug-likeness (QED) is 0.598. The zero-order chi connectivity index (χ0) is 19.1. The van der Waals surface area contributed by atoms with E-state index in [1.54, 1.807) is 0 Å². The summed E-state index contributed by atoms with van der Waals surface area (Å²) in [6, 6.07) is 17.3. The summed E-state index contributed by atoms with van der Waals surface area (Å²) in [6.07, 6.45) is 0. The van der Waals surface area contributed by atoms with E-state index in [1.807, 2.05) is 73.0 Å². The lowest BCUT2D eigenvalue weighted by Crippen LogP contribution is -2.14. The molecule has 3 aromatic rings. The fraction of sp³-hybridized carbons (Fsp3) is 0.250. The van der Waals surface area contributed by atoms with Crippen LogP contribution in [0.5, 0.6) is 5.75 Å². The van der Waals surface area contributed by atoms with Gasteiger partial charge in [-0.15, -0.1) is 10.2 Å². The topological polar surface area (TPSA) is 69.0 Å². The highest BCUT2D eigenvalue weighted by atomic mass is 32.2. The molecule has 0 atom stereocenters. The van der Waals surface area contributed by atoms with Crippen molar-refractivity contribution in [2.45, 2.75) is 32.2 Å². The number of thioether (sulfide) groups is 1. The van der Waals surface area contributed by atoms with Gasteiger partial charge in [0.2, 0.25) is 5.91 Å². The Hall–Kier alpha value is -2.80. The Balaban J connectivity index is 1.56. The van der Waals surface area contributed by atoms with Crippen molar-refractivity contribution < 1.29 is 9.53 Å². The van der Waals surface area contributed by atoms with Gasteiger partial charge in [-0.25, -0.2) is 0 Å². The average Bonchev–Trinajstić information content (AvgIpc) is 3.08. The molecule has 0 aliphatic carbocycles. The Bertz CT molecular complexity index is 879. The van der Waals surface area contributed by atoms with Crippen LogP contribution in [0.4, 0.5) is 5.69 Å². The number of carbonyl (C=O) groups excluding carboxylic acids is 1. The third kappa shape index (κ3) is 5.34. The van der Waals surface area contributed by atoms with Gasteiger partial charge in [-0.05, 0) is 38.1 Å². The molecular formula is C20H22N4O2S. The molecule has 27 heavy (non-hydrogen) atoms. The first-order valence-corrected chi connectivity index (χ1v) is 9.73. The first-order valence-electron chi connectivity index (χ1n) is 8.75. The number of anilines is 1. The van der Waals surface area contributed by atoms with Crippen LogP contribution in [0, 0.1) is 6.92 Å². The van der Waals surface area contributed by atoms with Crippen LogP contribution in [0.1, 0.15) is 18.3 Å². The van der Waals surface area contributed by atoms with Gasteiger partial charge in [0, 0.05) is 12.2 Å². The molecule has 0 unspecified atom stereocenters. The fourth-order valence-corrected chi connectivity index (χ4v) is 3.30. The smallest absolute Gasteiger partial charge is 0.234 e. The van der Waals surface area contributed by atoms with Crippen LogP contribution in [-0.2, 0) is 17.9 Å². The molecule has 0 bridgehead atoms. The molecule has 0 saturated heterocycles. The average molecular weight is 382 g/mol. The van der Waals surface area contributed by atoms with Gasteiger partial charge in [0.1, 0.15) is 12.4 Å². The Kier molecular flexibility index (Phi) is 6.49. The van der Waals surface area contributed by atoms with Crippen molar-refractivity contribution in [3.05, 3.63) is 66.0 Å². The number of hydrogen-bond donors (Lipinski definition) is 1. The number of para-hydroxylation sites is 1. The number of nitrogens with zero attached hydrogens (tertiary/aromatic N) is 3. The van der Waals surface area contributed by atoms with Crippen LogP contribution in [-0.4, -0.2) is 26.4 Å². The Morgan fingerprint density at radius 3 is 2.56 bits per heavy atom. The maximum absolute atomic E-state index is 12.1. The molecule has 0 radical (unpaired) electrons. The molecule has 2 aromatic carbocycles. The van der Waals surface area contributed by atoms with Crippen LogP contribution < -0.4 is 10.1 Å². The summed E-state index contributed by atoms with van der Waals surface area (Å²) in [6.45, 7) is 5.10. The standard InChI is InChI=1S/C20H22N4O2S/c1-3-24-18(13-26-17-11-9-15(2)10-12-17)22-23-20(24)27-14-19(25)21-16-7-5-4-6-8-16/h4-12H,3,13-14H2,1-2H3,(H,21,25). The van der Waals surface area contributed by atoms with E-state index in [1.165, 1.54) is 17.3 Å².